The zero-order chi connectivity index (χ0) is 22.5. The third kappa shape index (κ3) is 5.97. The van der Waals surface area contributed by atoms with Gasteiger partial charge in [-0.15, -0.1) is 0 Å². The van der Waals surface area contributed by atoms with E-state index in [9.17, 15) is 18.0 Å². The standard InChI is InChI=1S/C20H20F3N3O4/c1-11(24)29-18(25)10-17(30-19(26)27)15-9-13(5-8-16(15)28-2)12-3-6-14(7-4-12)20(21,22)23/h3-9,17,24-25H,10H2,1-2H3,(H2,26,27). The minimum absolute atomic E-state index is 0.219. The maximum absolute atomic E-state index is 12.8. The van der Waals surface area contributed by atoms with Gasteiger partial charge in [0.15, 0.2) is 11.8 Å². The minimum Gasteiger partial charge on any atom is -0.496 e. The van der Waals surface area contributed by atoms with E-state index in [2.05, 4.69) is 0 Å². The first-order chi connectivity index (χ1) is 14.0. The number of ether oxygens (including phenoxy) is 3. The number of hydrogen-bond donors (Lipinski definition) is 3. The van der Waals surface area contributed by atoms with Crippen LogP contribution in [0.4, 0.5) is 18.0 Å². The molecule has 0 radical (unpaired) electrons. The molecule has 0 saturated heterocycles. The van der Waals surface area contributed by atoms with Crippen LogP contribution in [-0.4, -0.2) is 25.0 Å². The molecular weight excluding hydrogens is 403 g/mol. The van der Waals surface area contributed by atoms with E-state index in [1.165, 1.54) is 26.2 Å². The van der Waals surface area contributed by atoms with Gasteiger partial charge in [0, 0.05) is 12.5 Å². The molecular formula is C20H20F3N3O4. The van der Waals surface area contributed by atoms with Crippen LogP contribution in [0.5, 0.6) is 5.75 Å². The Hall–Kier alpha value is -3.56. The number of amides is 1. The second kappa shape index (κ2) is 9.29. The van der Waals surface area contributed by atoms with Crippen molar-refractivity contribution in [2.45, 2.75) is 25.6 Å². The lowest BCUT2D eigenvalue weighted by molar-refractivity contribution is -0.137. The van der Waals surface area contributed by atoms with Crippen LogP contribution in [0.15, 0.2) is 42.5 Å². The van der Waals surface area contributed by atoms with Crippen molar-refractivity contribution in [1.29, 1.82) is 10.8 Å². The summed E-state index contributed by atoms with van der Waals surface area (Å²) in [7, 11) is 1.39. The van der Waals surface area contributed by atoms with Crippen molar-refractivity contribution in [3.8, 4) is 16.9 Å². The Kier molecular flexibility index (Phi) is 7.04. The predicted octanol–water partition coefficient (Wildman–Crippen LogP) is 4.90. The SMILES string of the molecule is COc1ccc(-c2ccc(C(F)(F)F)cc2)cc1C(CC(=N)OC(C)=N)OC(N)=O. The summed E-state index contributed by atoms with van der Waals surface area (Å²) in [6, 6.07) is 9.34. The van der Waals surface area contributed by atoms with E-state index in [0.29, 0.717) is 22.4 Å². The van der Waals surface area contributed by atoms with Crippen molar-refractivity contribution >= 4 is 17.9 Å². The Morgan fingerprint density at radius 1 is 1.10 bits per heavy atom. The van der Waals surface area contributed by atoms with Crippen LogP contribution in [0, 0.1) is 10.8 Å². The first-order valence-corrected chi connectivity index (χ1v) is 8.63. The van der Waals surface area contributed by atoms with Gasteiger partial charge >= 0.3 is 12.3 Å². The van der Waals surface area contributed by atoms with Crippen LogP contribution >= 0.6 is 0 Å². The van der Waals surface area contributed by atoms with E-state index >= 15 is 0 Å². The van der Waals surface area contributed by atoms with Gasteiger partial charge in [-0.2, -0.15) is 13.2 Å². The lowest BCUT2D eigenvalue weighted by atomic mass is 9.97. The van der Waals surface area contributed by atoms with E-state index in [1.54, 1.807) is 18.2 Å². The average Bonchev–Trinajstić information content (AvgIpc) is 2.65. The minimum atomic E-state index is -4.45. The van der Waals surface area contributed by atoms with Gasteiger partial charge in [0.05, 0.1) is 19.1 Å². The lowest BCUT2D eigenvalue weighted by Gasteiger charge is -2.20. The number of halogens is 3. The average molecular weight is 423 g/mol. The number of nitrogens with one attached hydrogen (secondary N) is 2. The summed E-state index contributed by atoms with van der Waals surface area (Å²) in [4.78, 5) is 11.4. The smallest absolute Gasteiger partial charge is 0.416 e. The summed E-state index contributed by atoms with van der Waals surface area (Å²) >= 11 is 0. The Balaban J connectivity index is 2.44. The molecule has 1 amide bonds. The third-order valence-electron chi connectivity index (χ3n) is 4.03. The van der Waals surface area contributed by atoms with Crippen molar-refractivity contribution in [2.24, 2.45) is 5.73 Å². The fourth-order valence-corrected chi connectivity index (χ4v) is 2.77. The van der Waals surface area contributed by atoms with Crippen LogP contribution in [-0.2, 0) is 15.7 Å². The molecule has 2 aromatic carbocycles. The highest BCUT2D eigenvalue weighted by Crippen LogP contribution is 2.36. The topological polar surface area (TPSA) is 118 Å². The zero-order valence-corrected chi connectivity index (χ0v) is 16.2. The highest BCUT2D eigenvalue weighted by atomic mass is 19.4. The van der Waals surface area contributed by atoms with Gasteiger partial charge in [-0.05, 0) is 35.4 Å². The summed E-state index contributed by atoms with van der Waals surface area (Å²) < 4.78 is 53.7. The van der Waals surface area contributed by atoms with E-state index in [-0.39, 0.29) is 18.2 Å². The van der Waals surface area contributed by atoms with Gasteiger partial charge in [0.25, 0.3) is 0 Å². The fourth-order valence-electron chi connectivity index (χ4n) is 2.77. The molecule has 0 bridgehead atoms. The van der Waals surface area contributed by atoms with Gasteiger partial charge in [0.1, 0.15) is 11.9 Å². The number of methoxy groups -OCH3 is 1. The summed E-state index contributed by atoms with van der Waals surface area (Å²) in [6.45, 7) is 1.34. The summed E-state index contributed by atoms with van der Waals surface area (Å²) in [5.74, 6) is -0.240. The number of carbonyl (C=O) groups is 1. The number of carbonyl (C=O) groups excluding carboxylic acids is 1. The summed E-state index contributed by atoms with van der Waals surface area (Å²) in [5.41, 5.74) is 5.73. The van der Waals surface area contributed by atoms with Crippen molar-refractivity contribution < 1.29 is 32.2 Å². The van der Waals surface area contributed by atoms with Crippen molar-refractivity contribution in [3.05, 3.63) is 53.6 Å². The highest BCUT2D eigenvalue weighted by Gasteiger charge is 2.30. The molecule has 0 saturated carbocycles. The molecule has 10 heteroatoms. The maximum Gasteiger partial charge on any atom is 0.416 e. The van der Waals surface area contributed by atoms with E-state index in [4.69, 9.17) is 30.8 Å². The Bertz CT molecular complexity index is 943. The molecule has 2 rings (SSSR count). The second-order valence-electron chi connectivity index (χ2n) is 6.24. The molecule has 30 heavy (non-hydrogen) atoms. The molecule has 0 fully saturated rings. The Morgan fingerprint density at radius 3 is 2.20 bits per heavy atom. The van der Waals surface area contributed by atoms with Gasteiger partial charge in [-0.3, -0.25) is 10.8 Å². The van der Waals surface area contributed by atoms with Crippen molar-refractivity contribution in [2.75, 3.05) is 7.11 Å². The Morgan fingerprint density at radius 2 is 1.70 bits per heavy atom. The second-order valence-corrected chi connectivity index (χ2v) is 6.24. The number of rotatable bonds is 6. The molecule has 0 aromatic heterocycles. The third-order valence-corrected chi connectivity index (χ3v) is 4.03. The van der Waals surface area contributed by atoms with Gasteiger partial charge in [-0.25, -0.2) is 4.79 Å². The molecule has 7 nitrogen and oxygen atoms in total. The quantitative estimate of drug-likeness (QED) is 0.452. The van der Waals surface area contributed by atoms with Crippen molar-refractivity contribution in [3.63, 3.8) is 0 Å². The molecule has 0 aliphatic heterocycles. The normalized spacial score (nSPS) is 12.0. The lowest BCUT2D eigenvalue weighted by Crippen LogP contribution is -2.21. The molecule has 1 unspecified atom stereocenters. The number of benzene rings is 2. The number of hydrogen-bond acceptors (Lipinski definition) is 6. The molecule has 0 aliphatic rings. The van der Waals surface area contributed by atoms with Crippen LogP contribution in [0.2, 0.25) is 0 Å². The molecule has 1 atom stereocenters. The number of nitrogens with two attached hydrogens (primary N) is 1. The zero-order valence-electron chi connectivity index (χ0n) is 16.2. The van der Waals surface area contributed by atoms with Crippen LogP contribution in [0.3, 0.4) is 0 Å². The van der Waals surface area contributed by atoms with E-state index in [1.807, 2.05) is 0 Å². The number of alkyl halides is 3. The van der Waals surface area contributed by atoms with Gasteiger partial charge in [-0.1, -0.05) is 18.2 Å². The Labute approximate surface area is 170 Å². The molecule has 0 aliphatic carbocycles. The molecule has 2 aromatic rings. The van der Waals surface area contributed by atoms with E-state index in [0.717, 1.165) is 12.1 Å². The van der Waals surface area contributed by atoms with Crippen LogP contribution in [0.1, 0.15) is 30.6 Å². The first-order valence-electron chi connectivity index (χ1n) is 8.63. The first kappa shape index (κ1) is 22.7. The highest BCUT2D eigenvalue weighted by molar-refractivity contribution is 5.87. The largest absolute Gasteiger partial charge is 0.496 e. The van der Waals surface area contributed by atoms with Gasteiger partial charge < -0.3 is 19.9 Å². The predicted molar refractivity (Wildman–Crippen MR) is 104 cm³/mol. The summed E-state index contributed by atoms with van der Waals surface area (Å²) in [6.07, 6.45) is -6.84. The number of primary amides is 1. The molecule has 160 valence electrons. The fraction of sp³-hybridized carbons (Fsp3) is 0.250. The molecule has 0 spiro atoms. The maximum atomic E-state index is 12.8. The van der Waals surface area contributed by atoms with Crippen LogP contribution < -0.4 is 10.5 Å². The molecule has 4 N–H and O–H groups in total. The van der Waals surface area contributed by atoms with Crippen molar-refractivity contribution in [1.82, 2.24) is 0 Å². The monoisotopic (exact) mass is 423 g/mol. The molecule has 0 heterocycles. The van der Waals surface area contributed by atoms with E-state index < -0.39 is 23.9 Å². The van der Waals surface area contributed by atoms with Gasteiger partial charge in [0.2, 0.25) is 0 Å². The van der Waals surface area contributed by atoms with Crippen LogP contribution in [0.25, 0.3) is 11.1 Å². The summed E-state index contributed by atoms with van der Waals surface area (Å²) in [5, 5.41) is 15.1.